The number of benzene rings is 1. The molecule has 6 heteroatoms. The van der Waals surface area contributed by atoms with E-state index in [2.05, 4.69) is 0 Å². The van der Waals surface area contributed by atoms with E-state index in [9.17, 15) is 12.8 Å². The van der Waals surface area contributed by atoms with Gasteiger partial charge < -0.3 is 5.73 Å². The molecule has 2 N–H and O–H groups in total. The molecule has 0 aliphatic carbocycles. The SMILES string of the molecule is CCN(CC(C)C)S(=O)(=O)c1ccc(F)c(N)c1. The van der Waals surface area contributed by atoms with Crippen LogP contribution in [0.3, 0.4) is 0 Å². The predicted octanol–water partition coefficient (Wildman–Crippen LogP) is 2.07. The molecule has 1 rings (SSSR count). The zero-order valence-corrected chi connectivity index (χ0v) is 11.7. The van der Waals surface area contributed by atoms with E-state index in [-0.39, 0.29) is 16.5 Å². The maximum absolute atomic E-state index is 13.0. The molecule has 0 aromatic heterocycles. The molecule has 0 bridgehead atoms. The van der Waals surface area contributed by atoms with Crippen molar-refractivity contribution < 1.29 is 12.8 Å². The molecule has 1 aromatic rings. The molecular weight excluding hydrogens is 255 g/mol. The summed E-state index contributed by atoms with van der Waals surface area (Å²) in [5.74, 6) is -0.390. The van der Waals surface area contributed by atoms with Gasteiger partial charge >= 0.3 is 0 Å². The Kier molecular flexibility index (Phi) is 4.70. The molecule has 0 unspecified atom stereocenters. The quantitative estimate of drug-likeness (QED) is 0.836. The van der Waals surface area contributed by atoms with Crippen LogP contribution in [0.1, 0.15) is 20.8 Å². The highest BCUT2D eigenvalue weighted by Gasteiger charge is 2.24. The lowest BCUT2D eigenvalue weighted by molar-refractivity contribution is 0.381. The lowest BCUT2D eigenvalue weighted by atomic mass is 10.2. The summed E-state index contributed by atoms with van der Waals surface area (Å²) in [6.45, 7) is 6.45. The summed E-state index contributed by atoms with van der Waals surface area (Å²) in [6.07, 6.45) is 0. The summed E-state index contributed by atoms with van der Waals surface area (Å²) in [5, 5.41) is 0. The fourth-order valence-electron chi connectivity index (χ4n) is 1.64. The van der Waals surface area contributed by atoms with Crippen molar-refractivity contribution in [3.05, 3.63) is 24.0 Å². The van der Waals surface area contributed by atoms with E-state index in [4.69, 9.17) is 5.73 Å². The van der Waals surface area contributed by atoms with Crippen LogP contribution in [0.5, 0.6) is 0 Å². The van der Waals surface area contributed by atoms with Gasteiger partial charge in [-0.1, -0.05) is 20.8 Å². The molecule has 18 heavy (non-hydrogen) atoms. The molecule has 0 fully saturated rings. The second-order valence-corrected chi connectivity index (χ2v) is 6.47. The minimum Gasteiger partial charge on any atom is -0.396 e. The van der Waals surface area contributed by atoms with Crippen LogP contribution >= 0.6 is 0 Å². The van der Waals surface area contributed by atoms with E-state index in [1.165, 1.54) is 10.4 Å². The number of nitrogens with two attached hydrogens (primary N) is 1. The van der Waals surface area contributed by atoms with E-state index in [0.29, 0.717) is 13.1 Å². The third-order valence-corrected chi connectivity index (χ3v) is 4.46. The summed E-state index contributed by atoms with van der Waals surface area (Å²) >= 11 is 0. The van der Waals surface area contributed by atoms with Gasteiger partial charge in [0.2, 0.25) is 10.0 Å². The van der Waals surface area contributed by atoms with Crippen molar-refractivity contribution >= 4 is 15.7 Å². The highest BCUT2D eigenvalue weighted by atomic mass is 32.2. The van der Waals surface area contributed by atoms with Crippen LogP contribution in [0.25, 0.3) is 0 Å². The molecule has 0 heterocycles. The van der Waals surface area contributed by atoms with Crippen molar-refractivity contribution in [2.75, 3.05) is 18.8 Å². The Labute approximate surface area is 108 Å². The van der Waals surface area contributed by atoms with Crippen LogP contribution in [0.4, 0.5) is 10.1 Å². The van der Waals surface area contributed by atoms with Crippen LogP contribution < -0.4 is 5.73 Å². The average molecular weight is 274 g/mol. The third kappa shape index (κ3) is 3.20. The van der Waals surface area contributed by atoms with Crippen molar-refractivity contribution in [2.45, 2.75) is 25.7 Å². The molecule has 0 saturated heterocycles. The van der Waals surface area contributed by atoms with Crippen LogP contribution in [-0.4, -0.2) is 25.8 Å². The van der Waals surface area contributed by atoms with Crippen molar-refractivity contribution in [1.82, 2.24) is 4.31 Å². The number of sulfonamides is 1. The predicted molar refractivity (Wildman–Crippen MR) is 70.1 cm³/mol. The van der Waals surface area contributed by atoms with E-state index >= 15 is 0 Å². The Balaban J connectivity index is 3.14. The smallest absolute Gasteiger partial charge is 0.243 e. The standard InChI is InChI=1S/C12H19FN2O2S/c1-4-15(8-9(2)3)18(16,17)10-5-6-11(13)12(14)7-10/h5-7,9H,4,8,14H2,1-3H3. The van der Waals surface area contributed by atoms with Crippen LogP contribution in [0.2, 0.25) is 0 Å². The minimum absolute atomic E-state index is 0.0314. The van der Waals surface area contributed by atoms with Crippen molar-refractivity contribution in [2.24, 2.45) is 5.92 Å². The van der Waals surface area contributed by atoms with Gasteiger partial charge in [-0.15, -0.1) is 0 Å². The molecule has 0 atom stereocenters. The molecule has 0 amide bonds. The first kappa shape index (κ1) is 14.9. The maximum Gasteiger partial charge on any atom is 0.243 e. The molecular formula is C12H19FN2O2S. The first-order valence-corrected chi connectivity index (χ1v) is 7.28. The zero-order valence-electron chi connectivity index (χ0n) is 10.9. The fraction of sp³-hybridized carbons (Fsp3) is 0.500. The summed E-state index contributed by atoms with van der Waals surface area (Å²) < 4.78 is 39.0. The molecule has 0 saturated carbocycles. The molecule has 4 nitrogen and oxygen atoms in total. The lowest BCUT2D eigenvalue weighted by Gasteiger charge is -2.22. The monoisotopic (exact) mass is 274 g/mol. The van der Waals surface area contributed by atoms with Gasteiger partial charge in [-0.2, -0.15) is 4.31 Å². The zero-order chi connectivity index (χ0) is 13.9. The van der Waals surface area contributed by atoms with Gasteiger partial charge in [-0.25, -0.2) is 12.8 Å². The minimum atomic E-state index is -3.60. The maximum atomic E-state index is 13.0. The van der Waals surface area contributed by atoms with Gasteiger partial charge in [0, 0.05) is 13.1 Å². The molecule has 0 aliphatic rings. The van der Waals surface area contributed by atoms with Crippen molar-refractivity contribution in [3.63, 3.8) is 0 Å². The van der Waals surface area contributed by atoms with Crippen LogP contribution in [0.15, 0.2) is 23.1 Å². The van der Waals surface area contributed by atoms with Gasteiger partial charge in [0.25, 0.3) is 0 Å². The van der Waals surface area contributed by atoms with Crippen molar-refractivity contribution in [3.8, 4) is 0 Å². The summed E-state index contributed by atoms with van der Waals surface area (Å²) in [6, 6.07) is 3.48. The summed E-state index contributed by atoms with van der Waals surface area (Å²) in [4.78, 5) is 0.0314. The topological polar surface area (TPSA) is 63.4 Å². The van der Waals surface area contributed by atoms with Gasteiger partial charge in [0.15, 0.2) is 0 Å². The van der Waals surface area contributed by atoms with Gasteiger partial charge in [-0.05, 0) is 24.1 Å². The molecule has 0 spiro atoms. The van der Waals surface area contributed by atoms with E-state index < -0.39 is 15.8 Å². The van der Waals surface area contributed by atoms with Crippen molar-refractivity contribution in [1.29, 1.82) is 0 Å². The van der Waals surface area contributed by atoms with Gasteiger partial charge in [-0.3, -0.25) is 0 Å². The fourth-order valence-corrected chi connectivity index (χ4v) is 3.28. The number of rotatable bonds is 5. The van der Waals surface area contributed by atoms with Gasteiger partial charge in [0.05, 0.1) is 10.6 Å². The Morgan fingerprint density at radius 1 is 1.39 bits per heavy atom. The van der Waals surface area contributed by atoms with E-state index in [0.717, 1.165) is 12.1 Å². The second-order valence-electron chi connectivity index (χ2n) is 4.53. The highest BCUT2D eigenvalue weighted by molar-refractivity contribution is 7.89. The number of halogens is 1. The molecule has 0 aliphatic heterocycles. The lowest BCUT2D eigenvalue weighted by Crippen LogP contribution is -2.34. The Morgan fingerprint density at radius 2 is 2.00 bits per heavy atom. The summed E-state index contributed by atoms with van der Waals surface area (Å²) in [7, 11) is -3.60. The number of nitrogens with zero attached hydrogens (tertiary/aromatic N) is 1. The third-order valence-electron chi connectivity index (χ3n) is 2.53. The number of hydrogen-bond acceptors (Lipinski definition) is 3. The Morgan fingerprint density at radius 3 is 2.44 bits per heavy atom. The number of hydrogen-bond donors (Lipinski definition) is 1. The highest BCUT2D eigenvalue weighted by Crippen LogP contribution is 2.21. The number of nitrogen functional groups attached to an aromatic ring is 1. The first-order valence-electron chi connectivity index (χ1n) is 5.84. The van der Waals surface area contributed by atoms with Gasteiger partial charge in [0.1, 0.15) is 5.82 Å². The molecule has 0 radical (unpaired) electrons. The normalized spacial score (nSPS) is 12.3. The summed E-state index contributed by atoms with van der Waals surface area (Å²) in [5.41, 5.74) is 5.25. The Hall–Kier alpha value is -1.14. The molecule has 1 aromatic carbocycles. The largest absolute Gasteiger partial charge is 0.396 e. The first-order chi connectivity index (χ1) is 8.28. The molecule has 102 valence electrons. The van der Waals surface area contributed by atoms with Crippen LogP contribution in [-0.2, 0) is 10.0 Å². The van der Waals surface area contributed by atoms with E-state index in [1.807, 2.05) is 13.8 Å². The second kappa shape index (κ2) is 5.67. The Bertz CT molecular complexity index is 515. The van der Waals surface area contributed by atoms with E-state index in [1.54, 1.807) is 6.92 Å². The number of anilines is 1. The average Bonchev–Trinajstić information content (AvgIpc) is 2.28. The van der Waals surface area contributed by atoms with Crippen LogP contribution in [0, 0.1) is 11.7 Å².